The normalized spacial score (nSPS) is 44.1. The molecule has 16 heavy (non-hydrogen) atoms. The van der Waals surface area contributed by atoms with Crippen LogP contribution in [0.2, 0.25) is 0 Å². The van der Waals surface area contributed by atoms with Crippen molar-refractivity contribution in [2.75, 3.05) is 13.2 Å². The molecular weight excluding hydrogens is 266 g/mol. The van der Waals surface area contributed by atoms with Crippen LogP contribution in [0.4, 0.5) is 0 Å². The number of hydrogen-bond donors (Lipinski definition) is 0. The first-order chi connectivity index (χ1) is 7.83. The van der Waals surface area contributed by atoms with Gasteiger partial charge in [-0.2, -0.15) is 0 Å². The highest BCUT2D eigenvalue weighted by Gasteiger charge is 2.39. The Morgan fingerprint density at radius 2 is 1.88 bits per heavy atom. The molecule has 3 atom stereocenters. The van der Waals surface area contributed by atoms with E-state index in [9.17, 15) is 0 Å². The standard InChI is InChI=1S/C13H22BrNO/c14-10-8-11-3-4-12(9-10)15(11)6-5-13-2-1-7-16-13/h10-13H,1-9H2. The lowest BCUT2D eigenvalue weighted by molar-refractivity contribution is 0.0739. The fraction of sp³-hybridized carbons (Fsp3) is 1.00. The van der Waals surface area contributed by atoms with Gasteiger partial charge in [0.05, 0.1) is 6.10 Å². The SMILES string of the molecule is BrC1CC2CCC(C1)N2CCC1CCCO1. The average Bonchev–Trinajstić information content (AvgIpc) is 2.83. The third kappa shape index (κ3) is 2.32. The number of alkyl halides is 1. The number of fused-ring (bicyclic) bond motifs is 2. The minimum absolute atomic E-state index is 0.570. The van der Waals surface area contributed by atoms with Crippen molar-refractivity contribution in [3.8, 4) is 0 Å². The predicted octanol–water partition coefficient (Wildman–Crippen LogP) is 2.95. The number of rotatable bonds is 3. The molecule has 3 heterocycles. The average molecular weight is 288 g/mol. The van der Waals surface area contributed by atoms with Gasteiger partial charge in [0.2, 0.25) is 0 Å². The molecule has 0 N–H and O–H groups in total. The molecule has 0 aromatic rings. The molecule has 3 heteroatoms. The van der Waals surface area contributed by atoms with E-state index in [1.165, 1.54) is 51.5 Å². The quantitative estimate of drug-likeness (QED) is 0.740. The lowest BCUT2D eigenvalue weighted by Crippen LogP contribution is -2.44. The Morgan fingerprint density at radius 1 is 1.12 bits per heavy atom. The highest BCUT2D eigenvalue weighted by atomic mass is 79.9. The third-order valence-electron chi connectivity index (χ3n) is 4.56. The summed E-state index contributed by atoms with van der Waals surface area (Å²) in [6.45, 7) is 2.28. The van der Waals surface area contributed by atoms with Gasteiger partial charge in [-0.05, 0) is 44.9 Å². The van der Waals surface area contributed by atoms with Gasteiger partial charge in [-0.1, -0.05) is 15.9 Å². The highest BCUT2D eigenvalue weighted by molar-refractivity contribution is 9.09. The molecule has 0 aliphatic carbocycles. The van der Waals surface area contributed by atoms with Gasteiger partial charge in [0.25, 0.3) is 0 Å². The zero-order valence-electron chi connectivity index (χ0n) is 9.91. The molecule has 92 valence electrons. The van der Waals surface area contributed by atoms with Crippen molar-refractivity contribution in [1.82, 2.24) is 4.90 Å². The molecule has 3 fully saturated rings. The predicted molar refractivity (Wildman–Crippen MR) is 69.1 cm³/mol. The maximum absolute atomic E-state index is 5.72. The van der Waals surface area contributed by atoms with E-state index < -0.39 is 0 Å². The van der Waals surface area contributed by atoms with Crippen molar-refractivity contribution in [1.29, 1.82) is 0 Å². The maximum atomic E-state index is 5.72. The van der Waals surface area contributed by atoms with Crippen LogP contribution in [0.1, 0.15) is 44.9 Å². The number of ether oxygens (including phenoxy) is 1. The van der Waals surface area contributed by atoms with Crippen LogP contribution in [0.15, 0.2) is 0 Å². The molecule has 3 saturated heterocycles. The monoisotopic (exact) mass is 287 g/mol. The van der Waals surface area contributed by atoms with Gasteiger partial charge in [-0.3, -0.25) is 4.90 Å². The Morgan fingerprint density at radius 3 is 2.50 bits per heavy atom. The van der Waals surface area contributed by atoms with E-state index in [1.807, 2.05) is 0 Å². The van der Waals surface area contributed by atoms with Gasteiger partial charge in [-0.25, -0.2) is 0 Å². The smallest absolute Gasteiger partial charge is 0.0588 e. The molecule has 0 radical (unpaired) electrons. The zero-order chi connectivity index (χ0) is 11.0. The number of halogens is 1. The Labute approximate surface area is 107 Å². The van der Waals surface area contributed by atoms with Gasteiger partial charge in [0, 0.05) is 30.1 Å². The van der Waals surface area contributed by atoms with Crippen LogP contribution >= 0.6 is 15.9 Å². The Hall–Kier alpha value is 0.400. The van der Waals surface area contributed by atoms with Crippen LogP contribution < -0.4 is 0 Å². The number of nitrogens with zero attached hydrogens (tertiary/aromatic N) is 1. The molecule has 3 unspecified atom stereocenters. The summed E-state index contributed by atoms with van der Waals surface area (Å²) in [5.74, 6) is 0. The maximum Gasteiger partial charge on any atom is 0.0588 e. The van der Waals surface area contributed by atoms with Crippen LogP contribution in [-0.4, -0.2) is 41.1 Å². The largest absolute Gasteiger partial charge is 0.378 e. The minimum Gasteiger partial charge on any atom is -0.378 e. The van der Waals surface area contributed by atoms with Crippen molar-refractivity contribution in [2.45, 2.75) is 68.0 Å². The summed E-state index contributed by atoms with van der Waals surface area (Å²) < 4.78 is 5.72. The molecule has 0 saturated carbocycles. The minimum atomic E-state index is 0.570. The molecule has 2 bridgehead atoms. The third-order valence-corrected chi connectivity index (χ3v) is 5.31. The Bertz CT molecular complexity index is 228. The van der Waals surface area contributed by atoms with Crippen LogP contribution in [-0.2, 0) is 4.74 Å². The van der Waals surface area contributed by atoms with Crippen LogP contribution in [0.25, 0.3) is 0 Å². The molecule has 2 nitrogen and oxygen atoms in total. The van der Waals surface area contributed by atoms with E-state index >= 15 is 0 Å². The van der Waals surface area contributed by atoms with E-state index in [2.05, 4.69) is 20.8 Å². The van der Waals surface area contributed by atoms with Gasteiger partial charge < -0.3 is 4.74 Å². The second kappa shape index (κ2) is 4.95. The molecule has 0 aromatic heterocycles. The molecular formula is C13H22BrNO. The molecule has 3 rings (SSSR count). The Kier molecular flexibility index (Phi) is 3.55. The summed E-state index contributed by atoms with van der Waals surface area (Å²) in [5.41, 5.74) is 0. The van der Waals surface area contributed by atoms with Gasteiger partial charge in [0.15, 0.2) is 0 Å². The summed E-state index contributed by atoms with van der Waals surface area (Å²) in [6, 6.07) is 1.73. The second-order valence-corrected chi connectivity index (χ2v) is 6.91. The van der Waals surface area contributed by atoms with Crippen molar-refractivity contribution in [2.24, 2.45) is 0 Å². The van der Waals surface area contributed by atoms with E-state index in [1.54, 1.807) is 0 Å². The Balaban J connectivity index is 1.51. The van der Waals surface area contributed by atoms with Crippen LogP contribution in [0.5, 0.6) is 0 Å². The van der Waals surface area contributed by atoms with E-state index in [0.29, 0.717) is 6.10 Å². The molecule has 3 aliphatic heterocycles. The zero-order valence-corrected chi connectivity index (χ0v) is 11.5. The first-order valence-corrected chi connectivity index (χ1v) is 7.76. The highest BCUT2D eigenvalue weighted by Crippen LogP contribution is 2.38. The van der Waals surface area contributed by atoms with Crippen molar-refractivity contribution in [3.63, 3.8) is 0 Å². The van der Waals surface area contributed by atoms with E-state index in [4.69, 9.17) is 4.74 Å². The lowest BCUT2D eigenvalue weighted by Gasteiger charge is -2.37. The van der Waals surface area contributed by atoms with Crippen LogP contribution in [0, 0.1) is 0 Å². The summed E-state index contributed by atoms with van der Waals surface area (Å²) in [7, 11) is 0. The van der Waals surface area contributed by atoms with Gasteiger partial charge in [0.1, 0.15) is 0 Å². The first kappa shape index (κ1) is 11.5. The fourth-order valence-corrected chi connectivity index (χ4v) is 4.60. The molecule has 0 amide bonds. The summed E-state index contributed by atoms with van der Waals surface area (Å²) in [4.78, 5) is 3.56. The number of hydrogen-bond acceptors (Lipinski definition) is 2. The lowest BCUT2D eigenvalue weighted by atomic mass is 10.0. The molecule has 0 aromatic carbocycles. The number of piperidine rings is 1. The summed E-state index contributed by atoms with van der Waals surface area (Å²) in [6.07, 6.45) is 9.99. The van der Waals surface area contributed by atoms with Crippen LogP contribution in [0.3, 0.4) is 0 Å². The van der Waals surface area contributed by atoms with Crippen molar-refractivity contribution < 1.29 is 4.74 Å². The first-order valence-electron chi connectivity index (χ1n) is 6.84. The fourth-order valence-electron chi connectivity index (χ4n) is 3.74. The molecule has 3 aliphatic rings. The molecule has 0 spiro atoms. The van der Waals surface area contributed by atoms with E-state index in [-0.39, 0.29) is 0 Å². The second-order valence-electron chi connectivity index (χ2n) is 5.62. The summed E-state index contributed by atoms with van der Waals surface area (Å²) >= 11 is 3.80. The van der Waals surface area contributed by atoms with Crippen molar-refractivity contribution in [3.05, 3.63) is 0 Å². The topological polar surface area (TPSA) is 12.5 Å². The van der Waals surface area contributed by atoms with Crippen molar-refractivity contribution >= 4 is 15.9 Å². The van der Waals surface area contributed by atoms with E-state index in [0.717, 1.165) is 23.5 Å². The van der Waals surface area contributed by atoms with Gasteiger partial charge >= 0.3 is 0 Å². The van der Waals surface area contributed by atoms with Gasteiger partial charge in [-0.15, -0.1) is 0 Å². The summed E-state index contributed by atoms with van der Waals surface area (Å²) in [5, 5.41) is 0.